The monoisotopic (exact) mass is 448 g/mol. The third-order valence-electron chi connectivity index (χ3n) is 5.64. The first-order chi connectivity index (χ1) is 16.7. The Balaban J connectivity index is 1.59. The quantitative estimate of drug-likeness (QED) is 0.309. The molecule has 0 saturated heterocycles. The molecule has 0 spiro atoms. The van der Waals surface area contributed by atoms with Gasteiger partial charge in [0.05, 0.1) is 18.5 Å². The maximum atomic E-state index is 10.5. The summed E-state index contributed by atoms with van der Waals surface area (Å²) in [7, 11) is 1.65. The van der Waals surface area contributed by atoms with Crippen molar-refractivity contribution in [3.8, 4) is 45.5 Å². The Morgan fingerprint density at radius 1 is 0.794 bits per heavy atom. The van der Waals surface area contributed by atoms with Crippen LogP contribution in [-0.4, -0.2) is 21.8 Å². The molecule has 5 aromatic rings. The molecule has 1 heterocycles. The van der Waals surface area contributed by atoms with Gasteiger partial charge in [-0.2, -0.15) is 0 Å². The number of hydrogen-bond acceptors (Lipinski definition) is 4. The first-order valence-corrected chi connectivity index (χ1v) is 11.0. The molecule has 34 heavy (non-hydrogen) atoms. The first-order valence-electron chi connectivity index (χ1n) is 11.0. The highest BCUT2D eigenvalue weighted by Crippen LogP contribution is 2.38. The normalized spacial score (nSPS) is 10.7. The molecule has 5 nitrogen and oxygen atoms in total. The van der Waals surface area contributed by atoms with E-state index in [1.165, 1.54) is 0 Å². The Labute approximate surface area is 198 Å². The maximum absolute atomic E-state index is 10.5. The van der Waals surface area contributed by atoms with Gasteiger partial charge in [0.1, 0.15) is 18.7 Å². The molecule has 0 aliphatic carbocycles. The summed E-state index contributed by atoms with van der Waals surface area (Å²) in [5.74, 6) is 1.30. The van der Waals surface area contributed by atoms with Crippen LogP contribution in [0.2, 0.25) is 0 Å². The lowest BCUT2D eigenvalue weighted by Gasteiger charge is -2.14. The van der Waals surface area contributed by atoms with E-state index in [4.69, 9.17) is 14.5 Å². The summed E-state index contributed by atoms with van der Waals surface area (Å²) in [6, 6.07) is 33.2. The van der Waals surface area contributed by atoms with Gasteiger partial charge in [0.15, 0.2) is 11.5 Å². The van der Waals surface area contributed by atoms with Crippen LogP contribution in [0, 0.1) is 0 Å². The van der Waals surface area contributed by atoms with Crippen molar-refractivity contribution in [1.82, 2.24) is 9.55 Å². The highest BCUT2D eigenvalue weighted by Gasteiger charge is 2.18. The van der Waals surface area contributed by atoms with E-state index in [-0.39, 0.29) is 5.75 Å². The number of nitrogens with zero attached hydrogens (tertiary/aromatic N) is 2. The van der Waals surface area contributed by atoms with E-state index >= 15 is 0 Å². The largest absolute Gasteiger partial charge is 0.504 e. The lowest BCUT2D eigenvalue weighted by atomic mass is 10.0. The third kappa shape index (κ3) is 4.36. The van der Waals surface area contributed by atoms with E-state index in [0.29, 0.717) is 12.4 Å². The van der Waals surface area contributed by atoms with Crippen molar-refractivity contribution < 1.29 is 14.6 Å². The minimum absolute atomic E-state index is 0.0939. The van der Waals surface area contributed by atoms with Crippen LogP contribution < -0.4 is 9.47 Å². The van der Waals surface area contributed by atoms with Gasteiger partial charge in [0.2, 0.25) is 0 Å². The predicted molar refractivity (Wildman–Crippen MR) is 133 cm³/mol. The average molecular weight is 449 g/mol. The molecule has 0 bridgehead atoms. The van der Waals surface area contributed by atoms with Gasteiger partial charge < -0.3 is 14.6 Å². The van der Waals surface area contributed by atoms with Gasteiger partial charge in [-0.1, -0.05) is 48.5 Å². The Morgan fingerprint density at radius 2 is 1.47 bits per heavy atom. The third-order valence-corrected chi connectivity index (χ3v) is 5.64. The fourth-order valence-electron chi connectivity index (χ4n) is 3.88. The topological polar surface area (TPSA) is 56.5 Å². The Hall–Kier alpha value is -4.51. The van der Waals surface area contributed by atoms with E-state index in [0.717, 1.165) is 39.5 Å². The number of ether oxygens (including phenoxy) is 2. The van der Waals surface area contributed by atoms with Crippen LogP contribution in [0.3, 0.4) is 0 Å². The number of methoxy groups -OCH3 is 1. The zero-order chi connectivity index (χ0) is 23.3. The van der Waals surface area contributed by atoms with Crippen LogP contribution >= 0.6 is 0 Å². The highest BCUT2D eigenvalue weighted by atomic mass is 16.5. The molecule has 0 radical (unpaired) electrons. The number of phenols is 1. The van der Waals surface area contributed by atoms with E-state index in [1.54, 1.807) is 13.2 Å². The molecule has 0 aliphatic heterocycles. The summed E-state index contributed by atoms with van der Waals surface area (Å²) in [5, 5.41) is 10.5. The molecule has 168 valence electrons. The van der Waals surface area contributed by atoms with Crippen LogP contribution in [0.5, 0.6) is 17.2 Å². The summed E-state index contributed by atoms with van der Waals surface area (Å²) in [6.07, 6.45) is 1.82. The SMILES string of the molecule is COc1ccc(-c2ncn(-c3ccccc3)c2-c2ccc(O)c(OCc3ccccc3)c2)cc1. The van der Waals surface area contributed by atoms with E-state index in [9.17, 15) is 5.11 Å². The van der Waals surface area contributed by atoms with Gasteiger partial charge in [-0.15, -0.1) is 0 Å². The van der Waals surface area contributed by atoms with Crippen molar-refractivity contribution in [1.29, 1.82) is 0 Å². The molecule has 0 aliphatic rings. The summed E-state index contributed by atoms with van der Waals surface area (Å²) >= 11 is 0. The zero-order valence-corrected chi connectivity index (χ0v) is 18.8. The van der Waals surface area contributed by atoms with Crippen LogP contribution in [0.1, 0.15) is 5.56 Å². The Kier molecular flexibility index (Phi) is 5.99. The summed E-state index contributed by atoms with van der Waals surface area (Å²) in [5.41, 5.74) is 5.59. The smallest absolute Gasteiger partial charge is 0.162 e. The molecule has 5 heteroatoms. The number of rotatable bonds is 7. The van der Waals surface area contributed by atoms with Gasteiger partial charge in [-0.3, -0.25) is 4.57 Å². The Bertz CT molecular complexity index is 1380. The molecule has 0 amide bonds. The second-order valence-corrected chi connectivity index (χ2v) is 7.83. The molecule has 1 aromatic heterocycles. The molecule has 0 atom stereocenters. The van der Waals surface area contributed by atoms with Gasteiger partial charge in [-0.05, 0) is 60.2 Å². The van der Waals surface area contributed by atoms with Crippen molar-refractivity contribution in [3.63, 3.8) is 0 Å². The van der Waals surface area contributed by atoms with Crippen molar-refractivity contribution in [2.24, 2.45) is 0 Å². The lowest BCUT2D eigenvalue weighted by Crippen LogP contribution is -1.98. The van der Waals surface area contributed by atoms with Crippen molar-refractivity contribution in [2.45, 2.75) is 6.61 Å². The minimum atomic E-state index is 0.0939. The average Bonchev–Trinajstić information content (AvgIpc) is 3.34. The number of hydrogen-bond donors (Lipinski definition) is 1. The van der Waals surface area contributed by atoms with Crippen LogP contribution in [0.25, 0.3) is 28.2 Å². The van der Waals surface area contributed by atoms with Crippen LogP contribution in [0.4, 0.5) is 0 Å². The maximum Gasteiger partial charge on any atom is 0.162 e. The van der Waals surface area contributed by atoms with Crippen molar-refractivity contribution >= 4 is 0 Å². The Morgan fingerprint density at radius 3 is 2.18 bits per heavy atom. The minimum Gasteiger partial charge on any atom is -0.504 e. The second-order valence-electron chi connectivity index (χ2n) is 7.83. The number of imidazole rings is 1. The number of benzene rings is 4. The van der Waals surface area contributed by atoms with Gasteiger partial charge in [0.25, 0.3) is 0 Å². The highest BCUT2D eigenvalue weighted by molar-refractivity contribution is 5.81. The summed E-state index contributed by atoms with van der Waals surface area (Å²) in [6.45, 7) is 0.362. The number of aromatic hydroxyl groups is 1. The van der Waals surface area contributed by atoms with Gasteiger partial charge in [0, 0.05) is 16.8 Å². The van der Waals surface area contributed by atoms with Gasteiger partial charge >= 0.3 is 0 Å². The van der Waals surface area contributed by atoms with Crippen LogP contribution in [0.15, 0.2) is 109 Å². The predicted octanol–water partition coefficient (Wildman–Crippen LogP) is 6.50. The second kappa shape index (κ2) is 9.55. The number of phenolic OH excluding ortho intramolecular Hbond substituents is 1. The molecule has 1 N–H and O–H groups in total. The molecule has 0 saturated carbocycles. The van der Waals surface area contributed by atoms with Crippen LogP contribution in [-0.2, 0) is 6.61 Å². The number of aromatic nitrogens is 2. The molecule has 0 fully saturated rings. The van der Waals surface area contributed by atoms with Crippen molar-refractivity contribution in [2.75, 3.05) is 7.11 Å². The fourth-order valence-corrected chi connectivity index (χ4v) is 3.88. The zero-order valence-electron chi connectivity index (χ0n) is 18.8. The van der Waals surface area contributed by atoms with Crippen molar-refractivity contribution in [3.05, 3.63) is 115 Å². The summed E-state index contributed by atoms with van der Waals surface area (Å²) in [4.78, 5) is 4.76. The standard InChI is InChI=1S/C29H24N2O3/c1-33-25-15-12-22(13-16-25)28-29(31(20-30-28)24-10-6-3-7-11-24)23-14-17-26(32)27(18-23)34-19-21-8-4-2-5-9-21/h2-18,20,32H,19H2,1H3. The molecular formula is C29H24N2O3. The van der Waals surface area contributed by atoms with E-state index < -0.39 is 0 Å². The molecule has 5 rings (SSSR count). The van der Waals surface area contributed by atoms with E-state index in [2.05, 4.69) is 0 Å². The van der Waals surface area contributed by atoms with E-state index in [1.807, 2.05) is 108 Å². The first kappa shape index (κ1) is 21.3. The molecule has 4 aromatic carbocycles. The number of para-hydroxylation sites is 1. The van der Waals surface area contributed by atoms with Gasteiger partial charge in [-0.25, -0.2) is 4.98 Å². The summed E-state index contributed by atoms with van der Waals surface area (Å²) < 4.78 is 13.4. The fraction of sp³-hybridized carbons (Fsp3) is 0.0690. The lowest BCUT2D eigenvalue weighted by molar-refractivity contribution is 0.289. The molecule has 0 unspecified atom stereocenters. The molecular weight excluding hydrogens is 424 g/mol.